The number of benzene rings is 1. The third kappa shape index (κ3) is 3.00. The molecular weight excluding hydrogens is 274 g/mol. The molecule has 0 saturated carbocycles. The van der Waals surface area contributed by atoms with Gasteiger partial charge in [-0.25, -0.2) is 8.78 Å². The molecule has 4 nitrogen and oxygen atoms in total. The van der Waals surface area contributed by atoms with Gasteiger partial charge in [-0.1, -0.05) is 0 Å². The fourth-order valence-corrected chi connectivity index (χ4v) is 2.76. The monoisotopic (exact) mass is 290 g/mol. The lowest BCUT2D eigenvalue weighted by atomic mass is 10.1. The number of hydrogen-bond donors (Lipinski definition) is 1. The van der Waals surface area contributed by atoms with E-state index in [1.54, 1.807) is 6.07 Å². The van der Waals surface area contributed by atoms with Crippen molar-refractivity contribution in [2.75, 3.05) is 12.3 Å². The Kier molecular flexibility index (Phi) is 3.79. The van der Waals surface area contributed by atoms with E-state index in [4.69, 9.17) is 5.73 Å². The number of nitrogens with two attached hydrogens (primary N) is 1. The van der Waals surface area contributed by atoms with Crippen LogP contribution in [0, 0.1) is 11.6 Å². The molecule has 21 heavy (non-hydrogen) atoms. The maximum absolute atomic E-state index is 13.8. The molecule has 1 aromatic heterocycles. The first-order valence-corrected chi connectivity index (χ1v) is 6.90. The third-order valence-electron chi connectivity index (χ3n) is 3.79. The number of likely N-dealkylation sites (tertiary alicyclic amines) is 1. The molecule has 1 fully saturated rings. The summed E-state index contributed by atoms with van der Waals surface area (Å²) in [7, 11) is 0. The molecular formula is C15H16F2N4. The predicted molar refractivity (Wildman–Crippen MR) is 75.2 cm³/mol. The number of halogens is 2. The molecule has 1 aromatic carbocycles. The van der Waals surface area contributed by atoms with E-state index < -0.39 is 5.82 Å². The first-order chi connectivity index (χ1) is 10.1. The van der Waals surface area contributed by atoms with E-state index in [1.165, 1.54) is 12.1 Å². The van der Waals surface area contributed by atoms with Gasteiger partial charge >= 0.3 is 0 Å². The standard InChI is InChI=1S/C15H16F2N4/c16-11-3-4-12(17)10(8-11)9-21-7-1-2-14(21)13-5-6-15(18)20-19-13/h3-6,8,14H,1-2,7,9H2,(H2,18,20). The molecule has 0 aliphatic carbocycles. The molecule has 1 atom stereocenters. The summed E-state index contributed by atoms with van der Waals surface area (Å²) in [4.78, 5) is 2.10. The van der Waals surface area contributed by atoms with E-state index in [0.29, 0.717) is 17.9 Å². The zero-order valence-electron chi connectivity index (χ0n) is 11.5. The summed E-state index contributed by atoms with van der Waals surface area (Å²) in [6.45, 7) is 1.19. The van der Waals surface area contributed by atoms with Crippen LogP contribution in [0.1, 0.15) is 30.1 Å². The van der Waals surface area contributed by atoms with E-state index >= 15 is 0 Å². The van der Waals surface area contributed by atoms with Crippen LogP contribution in [-0.4, -0.2) is 21.6 Å². The number of anilines is 1. The molecule has 1 unspecified atom stereocenters. The smallest absolute Gasteiger partial charge is 0.146 e. The van der Waals surface area contributed by atoms with E-state index in [0.717, 1.165) is 31.1 Å². The minimum atomic E-state index is -0.422. The second-order valence-electron chi connectivity index (χ2n) is 5.25. The minimum absolute atomic E-state index is 0.0702. The average molecular weight is 290 g/mol. The average Bonchev–Trinajstić information content (AvgIpc) is 2.92. The summed E-state index contributed by atoms with van der Waals surface area (Å²) in [5.41, 5.74) is 6.73. The highest BCUT2D eigenvalue weighted by atomic mass is 19.1. The summed E-state index contributed by atoms with van der Waals surface area (Å²) in [6, 6.07) is 7.17. The summed E-state index contributed by atoms with van der Waals surface area (Å²) in [6.07, 6.45) is 1.92. The van der Waals surface area contributed by atoms with Crippen molar-refractivity contribution in [1.29, 1.82) is 0 Å². The van der Waals surface area contributed by atoms with Gasteiger partial charge in [-0.05, 0) is 49.7 Å². The third-order valence-corrected chi connectivity index (χ3v) is 3.79. The quantitative estimate of drug-likeness (QED) is 0.944. The van der Waals surface area contributed by atoms with Gasteiger partial charge in [-0.3, -0.25) is 4.90 Å². The van der Waals surface area contributed by atoms with Crippen molar-refractivity contribution < 1.29 is 8.78 Å². The van der Waals surface area contributed by atoms with Gasteiger partial charge in [-0.2, -0.15) is 5.10 Å². The Bertz CT molecular complexity index is 630. The van der Waals surface area contributed by atoms with Crippen LogP contribution in [-0.2, 0) is 6.54 Å². The van der Waals surface area contributed by atoms with Gasteiger partial charge in [0, 0.05) is 12.1 Å². The maximum atomic E-state index is 13.8. The second kappa shape index (κ2) is 5.73. The number of nitrogen functional groups attached to an aromatic ring is 1. The fourth-order valence-electron chi connectivity index (χ4n) is 2.76. The van der Waals surface area contributed by atoms with E-state index in [2.05, 4.69) is 15.1 Å². The van der Waals surface area contributed by atoms with Crippen LogP contribution in [0.15, 0.2) is 30.3 Å². The summed E-state index contributed by atoms with van der Waals surface area (Å²) in [5, 5.41) is 7.97. The lowest BCUT2D eigenvalue weighted by molar-refractivity contribution is 0.239. The van der Waals surface area contributed by atoms with Crippen molar-refractivity contribution in [3.8, 4) is 0 Å². The number of nitrogens with zero attached hydrogens (tertiary/aromatic N) is 3. The Morgan fingerprint density at radius 3 is 2.81 bits per heavy atom. The fraction of sp³-hybridized carbons (Fsp3) is 0.333. The molecule has 2 heterocycles. The van der Waals surface area contributed by atoms with Gasteiger partial charge in [0.15, 0.2) is 0 Å². The molecule has 0 amide bonds. The molecule has 1 aliphatic heterocycles. The Labute approximate surface area is 121 Å². The first-order valence-electron chi connectivity index (χ1n) is 6.90. The van der Waals surface area contributed by atoms with Crippen LogP contribution in [0.3, 0.4) is 0 Å². The van der Waals surface area contributed by atoms with Gasteiger partial charge in [0.25, 0.3) is 0 Å². The van der Waals surface area contributed by atoms with Crippen molar-refractivity contribution >= 4 is 5.82 Å². The Hall–Kier alpha value is -2.08. The van der Waals surface area contributed by atoms with Crippen molar-refractivity contribution in [3.63, 3.8) is 0 Å². The number of hydrogen-bond acceptors (Lipinski definition) is 4. The molecule has 0 spiro atoms. The van der Waals surface area contributed by atoms with Gasteiger partial charge in [-0.15, -0.1) is 5.10 Å². The van der Waals surface area contributed by atoms with Crippen molar-refractivity contribution in [2.45, 2.75) is 25.4 Å². The molecule has 6 heteroatoms. The zero-order chi connectivity index (χ0) is 14.8. The molecule has 1 aliphatic rings. The summed E-state index contributed by atoms with van der Waals surface area (Å²) in [5.74, 6) is -0.431. The first kappa shape index (κ1) is 13.9. The molecule has 110 valence electrons. The topological polar surface area (TPSA) is 55.0 Å². The zero-order valence-corrected chi connectivity index (χ0v) is 11.5. The maximum Gasteiger partial charge on any atom is 0.146 e. The largest absolute Gasteiger partial charge is 0.382 e. The van der Waals surface area contributed by atoms with Crippen molar-refractivity contribution in [3.05, 3.63) is 53.2 Å². The van der Waals surface area contributed by atoms with Gasteiger partial charge in [0.1, 0.15) is 17.5 Å². The molecule has 0 bridgehead atoms. The van der Waals surface area contributed by atoms with Crippen molar-refractivity contribution in [1.82, 2.24) is 15.1 Å². The summed E-state index contributed by atoms with van der Waals surface area (Å²) < 4.78 is 27.0. The number of aromatic nitrogens is 2. The van der Waals surface area contributed by atoms with E-state index in [1.807, 2.05) is 6.07 Å². The van der Waals surface area contributed by atoms with Crippen LogP contribution in [0.4, 0.5) is 14.6 Å². The van der Waals surface area contributed by atoms with Crippen LogP contribution in [0.2, 0.25) is 0 Å². The molecule has 1 saturated heterocycles. The van der Waals surface area contributed by atoms with Gasteiger partial charge < -0.3 is 5.73 Å². The van der Waals surface area contributed by atoms with Gasteiger partial charge in [0.05, 0.1) is 11.7 Å². The number of rotatable bonds is 3. The molecule has 2 aromatic rings. The van der Waals surface area contributed by atoms with Crippen LogP contribution in [0.5, 0.6) is 0 Å². The Balaban J connectivity index is 1.81. The van der Waals surface area contributed by atoms with Crippen molar-refractivity contribution in [2.24, 2.45) is 0 Å². The lowest BCUT2D eigenvalue weighted by Crippen LogP contribution is -2.24. The highest BCUT2D eigenvalue weighted by Gasteiger charge is 2.28. The molecule has 3 rings (SSSR count). The minimum Gasteiger partial charge on any atom is -0.382 e. The predicted octanol–water partition coefficient (Wildman–Crippen LogP) is 2.67. The second-order valence-corrected chi connectivity index (χ2v) is 5.25. The molecule has 0 radical (unpaired) electrons. The van der Waals surface area contributed by atoms with E-state index in [9.17, 15) is 8.78 Å². The highest BCUT2D eigenvalue weighted by molar-refractivity contribution is 5.27. The molecule has 2 N–H and O–H groups in total. The van der Waals surface area contributed by atoms with E-state index in [-0.39, 0.29) is 11.9 Å². The summed E-state index contributed by atoms with van der Waals surface area (Å²) >= 11 is 0. The normalized spacial score (nSPS) is 19.0. The van der Waals surface area contributed by atoms with Crippen LogP contribution in [0.25, 0.3) is 0 Å². The van der Waals surface area contributed by atoms with Crippen LogP contribution >= 0.6 is 0 Å². The lowest BCUT2D eigenvalue weighted by Gasteiger charge is -2.24. The van der Waals surface area contributed by atoms with Gasteiger partial charge in [0.2, 0.25) is 0 Å². The highest BCUT2D eigenvalue weighted by Crippen LogP contribution is 2.32. The van der Waals surface area contributed by atoms with Crippen LogP contribution < -0.4 is 5.73 Å². The Morgan fingerprint density at radius 2 is 2.05 bits per heavy atom. The Morgan fingerprint density at radius 1 is 1.19 bits per heavy atom. The SMILES string of the molecule is Nc1ccc(C2CCCN2Cc2cc(F)ccc2F)nn1.